The fraction of sp³-hybridized carbons (Fsp3) is 0.733. The Hall–Kier alpha value is -1.40. The summed E-state index contributed by atoms with van der Waals surface area (Å²) in [5.74, 6) is 8.71. The van der Waals surface area contributed by atoms with Gasteiger partial charge >= 0.3 is 0 Å². The Labute approximate surface area is 126 Å². The third kappa shape index (κ3) is 3.27. The van der Waals surface area contributed by atoms with Crippen molar-refractivity contribution in [1.82, 2.24) is 14.9 Å². The number of anilines is 2. The molecule has 1 aromatic rings. The van der Waals surface area contributed by atoms with Crippen molar-refractivity contribution < 1.29 is 0 Å². The minimum absolute atomic E-state index is 0.524. The molecule has 1 atom stereocenters. The first kappa shape index (κ1) is 14.5. The Morgan fingerprint density at radius 3 is 2.62 bits per heavy atom. The highest BCUT2D eigenvalue weighted by atomic mass is 15.3. The predicted molar refractivity (Wildman–Crippen MR) is 85.3 cm³/mol. The van der Waals surface area contributed by atoms with Crippen LogP contribution in [0.4, 0.5) is 11.6 Å². The summed E-state index contributed by atoms with van der Waals surface area (Å²) in [6.07, 6.45) is 6.27. The van der Waals surface area contributed by atoms with E-state index in [4.69, 9.17) is 10.8 Å². The van der Waals surface area contributed by atoms with Gasteiger partial charge in [0, 0.05) is 24.1 Å². The van der Waals surface area contributed by atoms with Crippen molar-refractivity contribution >= 4 is 11.6 Å². The molecule has 1 unspecified atom stereocenters. The molecule has 1 saturated carbocycles. The zero-order valence-corrected chi connectivity index (χ0v) is 13.0. The molecule has 0 bridgehead atoms. The van der Waals surface area contributed by atoms with Crippen LogP contribution in [-0.2, 0) is 0 Å². The highest BCUT2D eigenvalue weighted by molar-refractivity contribution is 5.57. The average Bonchev–Trinajstić information content (AvgIpc) is 3.32. The Morgan fingerprint density at radius 2 is 1.95 bits per heavy atom. The van der Waals surface area contributed by atoms with E-state index < -0.39 is 0 Å². The summed E-state index contributed by atoms with van der Waals surface area (Å²) in [7, 11) is 2.21. The highest BCUT2D eigenvalue weighted by Gasteiger charge is 2.28. The van der Waals surface area contributed by atoms with Crippen molar-refractivity contribution in [2.24, 2.45) is 5.84 Å². The summed E-state index contributed by atoms with van der Waals surface area (Å²) in [6, 6.07) is 0.590. The number of nitrogens with zero attached hydrogens (tertiary/aromatic N) is 3. The van der Waals surface area contributed by atoms with Gasteiger partial charge in [0.15, 0.2) is 0 Å². The van der Waals surface area contributed by atoms with Gasteiger partial charge in [-0.3, -0.25) is 0 Å². The highest BCUT2D eigenvalue weighted by Crippen LogP contribution is 2.39. The van der Waals surface area contributed by atoms with E-state index in [0.29, 0.717) is 12.0 Å². The Kier molecular flexibility index (Phi) is 4.26. The second-order valence-corrected chi connectivity index (χ2v) is 6.33. The van der Waals surface area contributed by atoms with Gasteiger partial charge in [0.2, 0.25) is 0 Å². The van der Waals surface area contributed by atoms with Crippen LogP contribution >= 0.6 is 0 Å². The molecule has 116 valence electrons. The normalized spacial score (nSPS) is 23.1. The summed E-state index contributed by atoms with van der Waals surface area (Å²) in [5, 5.41) is 3.52. The van der Waals surface area contributed by atoms with Crippen molar-refractivity contribution in [2.45, 2.75) is 51.0 Å². The summed E-state index contributed by atoms with van der Waals surface area (Å²) in [6.45, 7) is 4.14. The lowest BCUT2D eigenvalue weighted by Gasteiger charge is -2.32. The van der Waals surface area contributed by atoms with E-state index in [2.05, 4.69) is 27.7 Å². The monoisotopic (exact) mass is 290 g/mol. The Balaban J connectivity index is 1.72. The van der Waals surface area contributed by atoms with E-state index in [9.17, 15) is 0 Å². The molecule has 3 rings (SSSR count). The lowest BCUT2D eigenvalue weighted by molar-refractivity contribution is 0.194. The molecule has 4 N–H and O–H groups in total. The van der Waals surface area contributed by atoms with Crippen molar-refractivity contribution in [1.29, 1.82) is 0 Å². The molecule has 1 aliphatic carbocycles. The van der Waals surface area contributed by atoms with E-state index in [0.717, 1.165) is 29.6 Å². The van der Waals surface area contributed by atoms with Crippen LogP contribution in [0.5, 0.6) is 0 Å². The topological polar surface area (TPSA) is 79.1 Å². The molecular weight excluding hydrogens is 264 g/mol. The van der Waals surface area contributed by atoms with E-state index in [1.807, 2.05) is 6.92 Å². The van der Waals surface area contributed by atoms with Crippen LogP contribution < -0.4 is 16.6 Å². The van der Waals surface area contributed by atoms with Crippen LogP contribution in [-0.4, -0.2) is 41.0 Å². The van der Waals surface area contributed by atoms with E-state index in [-0.39, 0.29) is 0 Å². The summed E-state index contributed by atoms with van der Waals surface area (Å²) in [4.78, 5) is 11.7. The third-order valence-electron chi connectivity index (χ3n) is 4.67. The molecule has 0 radical (unpaired) electrons. The van der Waals surface area contributed by atoms with Gasteiger partial charge in [-0.2, -0.15) is 0 Å². The smallest absolute Gasteiger partial charge is 0.148 e. The molecule has 1 saturated heterocycles. The number of likely N-dealkylation sites (tertiary alicyclic amines) is 1. The number of hydrogen-bond acceptors (Lipinski definition) is 6. The van der Waals surface area contributed by atoms with E-state index in [1.165, 1.54) is 38.6 Å². The number of piperidine rings is 1. The molecule has 2 aliphatic rings. The largest absolute Gasteiger partial charge is 0.368 e. The maximum atomic E-state index is 5.59. The standard InChI is InChI=1S/C15H26N6/c1-10-13(17-9-12-5-3-4-8-21(12)2)18-15(11-6-7-11)19-14(10)20-16/h11-12H,3-9,16H2,1-2H3,(H2,17,18,19,20). The van der Waals surface area contributed by atoms with Gasteiger partial charge in [0.1, 0.15) is 17.5 Å². The fourth-order valence-electron chi connectivity index (χ4n) is 2.99. The quantitative estimate of drug-likeness (QED) is 0.567. The van der Waals surface area contributed by atoms with Gasteiger partial charge in [-0.25, -0.2) is 15.8 Å². The number of nitrogens with two attached hydrogens (primary N) is 1. The van der Waals surface area contributed by atoms with E-state index >= 15 is 0 Å². The van der Waals surface area contributed by atoms with Crippen LogP contribution in [0.3, 0.4) is 0 Å². The summed E-state index contributed by atoms with van der Waals surface area (Å²) in [5.41, 5.74) is 3.70. The molecule has 6 nitrogen and oxygen atoms in total. The molecule has 1 aromatic heterocycles. The first-order valence-electron chi connectivity index (χ1n) is 7.98. The van der Waals surface area contributed by atoms with Gasteiger partial charge in [-0.05, 0) is 46.2 Å². The zero-order chi connectivity index (χ0) is 14.8. The van der Waals surface area contributed by atoms with Crippen molar-refractivity contribution in [2.75, 3.05) is 30.9 Å². The summed E-state index contributed by atoms with van der Waals surface area (Å²) < 4.78 is 0. The molecule has 2 fully saturated rings. The number of nitrogen functional groups attached to an aromatic ring is 1. The van der Waals surface area contributed by atoms with Gasteiger partial charge < -0.3 is 15.6 Å². The maximum Gasteiger partial charge on any atom is 0.148 e. The minimum atomic E-state index is 0.524. The SMILES string of the molecule is Cc1c(NN)nc(C2CC2)nc1NCC1CCCCN1C. The number of likely N-dealkylation sites (N-methyl/N-ethyl adjacent to an activating group) is 1. The molecule has 21 heavy (non-hydrogen) atoms. The zero-order valence-electron chi connectivity index (χ0n) is 13.0. The first-order valence-corrected chi connectivity index (χ1v) is 7.98. The van der Waals surface area contributed by atoms with Gasteiger partial charge in [0.25, 0.3) is 0 Å². The van der Waals surface area contributed by atoms with Crippen LogP contribution in [0, 0.1) is 6.92 Å². The van der Waals surface area contributed by atoms with Crippen LogP contribution in [0.1, 0.15) is 49.4 Å². The number of hydrogen-bond donors (Lipinski definition) is 3. The van der Waals surface area contributed by atoms with Crippen molar-refractivity contribution in [3.8, 4) is 0 Å². The number of aromatic nitrogens is 2. The molecule has 0 amide bonds. The Bertz CT molecular complexity index is 499. The molecular formula is C15H26N6. The van der Waals surface area contributed by atoms with Gasteiger partial charge in [-0.1, -0.05) is 6.42 Å². The second kappa shape index (κ2) is 6.15. The maximum absolute atomic E-state index is 5.59. The molecule has 2 heterocycles. The molecule has 1 aliphatic heterocycles. The fourth-order valence-corrected chi connectivity index (χ4v) is 2.99. The van der Waals surface area contributed by atoms with E-state index in [1.54, 1.807) is 0 Å². The predicted octanol–water partition coefficient (Wildman–Crippen LogP) is 1.84. The van der Waals surface area contributed by atoms with Crippen molar-refractivity contribution in [3.63, 3.8) is 0 Å². The van der Waals surface area contributed by atoms with Crippen molar-refractivity contribution in [3.05, 3.63) is 11.4 Å². The van der Waals surface area contributed by atoms with Gasteiger partial charge in [-0.15, -0.1) is 0 Å². The third-order valence-corrected chi connectivity index (χ3v) is 4.67. The first-order chi connectivity index (χ1) is 10.2. The van der Waals surface area contributed by atoms with Crippen LogP contribution in [0.25, 0.3) is 0 Å². The Morgan fingerprint density at radius 1 is 1.19 bits per heavy atom. The van der Waals surface area contributed by atoms with Crippen LogP contribution in [0.2, 0.25) is 0 Å². The second-order valence-electron chi connectivity index (χ2n) is 6.33. The summed E-state index contributed by atoms with van der Waals surface area (Å²) >= 11 is 0. The van der Waals surface area contributed by atoms with Gasteiger partial charge in [0.05, 0.1) is 0 Å². The number of hydrazine groups is 1. The van der Waals surface area contributed by atoms with Crippen LogP contribution in [0.15, 0.2) is 0 Å². The lowest BCUT2D eigenvalue weighted by Crippen LogP contribution is -2.41. The number of nitrogens with one attached hydrogen (secondary N) is 2. The minimum Gasteiger partial charge on any atom is -0.368 e. The average molecular weight is 290 g/mol. The molecule has 0 spiro atoms. The molecule has 6 heteroatoms. The molecule has 0 aromatic carbocycles. The number of rotatable bonds is 5. The lowest BCUT2D eigenvalue weighted by atomic mass is 10.0.